The lowest BCUT2D eigenvalue weighted by Gasteiger charge is -2.36. The lowest BCUT2D eigenvalue weighted by atomic mass is 9.95. The van der Waals surface area contributed by atoms with Gasteiger partial charge >= 0.3 is 0 Å². The summed E-state index contributed by atoms with van der Waals surface area (Å²) in [4.78, 5) is 13.8. The zero-order chi connectivity index (χ0) is 14.5. The number of piperidine rings is 1. The lowest BCUT2D eigenvalue weighted by molar-refractivity contribution is -0.124. The highest BCUT2D eigenvalue weighted by Crippen LogP contribution is 2.26. The van der Waals surface area contributed by atoms with Crippen molar-refractivity contribution in [2.75, 3.05) is 19.7 Å². The molecule has 1 heterocycles. The minimum Gasteiger partial charge on any atom is -0.396 e. The number of likely N-dealkylation sites (tertiary alicyclic amines) is 1. The number of carbonyl (C=O) groups excluding carboxylic acids is 1. The Kier molecular flexibility index (Phi) is 4.72. The van der Waals surface area contributed by atoms with Crippen molar-refractivity contribution in [3.8, 4) is 6.07 Å². The minimum absolute atomic E-state index is 0.134. The number of aliphatic hydroxyl groups excluding tert-OH is 1. The molecule has 1 aliphatic heterocycles. The molecule has 1 fully saturated rings. The maximum atomic E-state index is 11.8. The van der Waals surface area contributed by atoms with E-state index in [1.54, 1.807) is 24.3 Å². The topological polar surface area (TPSA) is 90.3 Å². The first-order valence-corrected chi connectivity index (χ1v) is 6.80. The van der Waals surface area contributed by atoms with Crippen LogP contribution in [0, 0.1) is 17.2 Å². The Morgan fingerprint density at radius 2 is 2.20 bits per heavy atom. The molecule has 2 unspecified atom stereocenters. The molecule has 0 radical (unpaired) electrons. The molecule has 106 valence electrons. The Hall–Kier alpha value is -1.90. The van der Waals surface area contributed by atoms with E-state index in [-0.39, 0.29) is 12.5 Å². The normalized spacial score (nSPS) is 21.1. The van der Waals surface area contributed by atoms with E-state index in [2.05, 4.69) is 6.07 Å². The van der Waals surface area contributed by atoms with E-state index in [9.17, 15) is 9.90 Å². The number of amides is 1. The molecule has 1 aliphatic rings. The van der Waals surface area contributed by atoms with E-state index in [1.165, 1.54) is 0 Å². The van der Waals surface area contributed by atoms with Gasteiger partial charge in [-0.15, -0.1) is 0 Å². The summed E-state index contributed by atoms with van der Waals surface area (Å²) >= 11 is 0. The molecular weight excluding hydrogens is 254 g/mol. The third-order valence-electron chi connectivity index (χ3n) is 3.80. The summed E-state index contributed by atoms with van der Waals surface area (Å²) in [6.07, 6.45) is 1.93. The molecule has 20 heavy (non-hydrogen) atoms. The van der Waals surface area contributed by atoms with E-state index in [4.69, 9.17) is 11.0 Å². The van der Waals surface area contributed by atoms with Crippen molar-refractivity contribution in [1.82, 2.24) is 4.90 Å². The maximum Gasteiger partial charge on any atom is 0.239 e. The van der Waals surface area contributed by atoms with Gasteiger partial charge in [-0.2, -0.15) is 5.26 Å². The first-order valence-electron chi connectivity index (χ1n) is 6.80. The number of hydrogen-bond acceptors (Lipinski definition) is 4. The van der Waals surface area contributed by atoms with Crippen LogP contribution in [-0.4, -0.2) is 35.6 Å². The Morgan fingerprint density at radius 3 is 2.75 bits per heavy atom. The number of nitrogens with two attached hydrogens (primary N) is 1. The molecule has 2 rings (SSSR count). The number of aliphatic hydroxyl groups is 1. The summed E-state index contributed by atoms with van der Waals surface area (Å²) in [7, 11) is 0. The van der Waals surface area contributed by atoms with Crippen LogP contribution in [0.25, 0.3) is 0 Å². The minimum atomic E-state index is -0.489. The van der Waals surface area contributed by atoms with E-state index in [0.717, 1.165) is 24.9 Å². The van der Waals surface area contributed by atoms with Gasteiger partial charge in [-0.05, 0) is 43.0 Å². The summed E-state index contributed by atoms with van der Waals surface area (Å²) in [6, 6.07) is 8.50. The van der Waals surface area contributed by atoms with Gasteiger partial charge < -0.3 is 10.8 Å². The molecule has 5 heteroatoms. The number of benzene rings is 1. The molecule has 0 aromatic heterocycles. The molecule has 0 saturated carbocycles. The van der Waals surface area contributed by atoms with Gasteiger partial charge in [0.05, 0.1) is 11.6 Å². The number of hydrogen-bond donors (Lipinski definition) is 2. The monoisotopic (exact) mass is 273 g/mol. The van der Waals surface area contributed by atoms with Crippen LogP contribution in [0.3, 0.4) is 0 Å². The Bertz CT molecular complexity index is 507. The van der Waals surface area contributed by atoms with Crippen LogP contribution >= 0.6 is 0 Å². The Morgan fingerprint density at radius 1 is 1.50 bits per heavy atom. The molecule has 1 amide bonds. The SMILES string of the molecule is N#Cc1ccc(C(C(N)=O)N2CCCC(CO)C2)cc1. The van der Waals surface area contributed by atoms with Crippen molar-refractivity contribution >= 4 is 5.91 Å². The first kappa shape index (κ1) is 14.5. The fourth-order valence-corrected chi connectivity index (χ4v) is 2.78. The Labute approximate surface area is 118 Å². The zero-order valence-electron chi connectivity index (χ0n) is 11.3. The van der Waals surface area contributed by atoms with Gasteiger partial charge in [-0.3, -0.25) is 9.69 Å². The van der Waals surface area contributed by atoms with Gasteiger partial charge in [0.25, 0.3) is 0 Å². The van der Waals surface area contributed by atoms with Crippen LogP contribution < -0.4 is 5.73 Å². The quantitative estimate of drug-likeness (QED) is 0.848. The number of carbonyl (C=O) groups is 1. The fourth-order valence-electron chi connectivity index (χ4n) is 2.78. The third kappa shape index (κ3) is 3.16. The lowest BCUT2D eigenvalue weighted by Crippen LogP contribution is -2.44. The molecule has 0 spiro atoms. The highest BCUT2D eigenvalue weighted by atomic mass is 16.3. The summed E-state index contributed by atoms with van der Waals surface area (Å²) < 4.78 is 0. The molecule has 0 aliphatic carbocycles. The second kappa shape index (κ2) is 6.51. The molecular formula is C15H19N3O2. The molecule has 0 bridgehead atoms. The van der Waals surface area contributed by atoms with Crippen molar-refractivity contribution < 1.29 is 9.90 Å². The van der Waals surface area contributed by atoms with Crippen molar-refractivity contribution in [3.05, 3.63) is 35.4 Å². The van der Waals surface area contributed by atoms with Crippen LogP contribution in [-0.2, 0) is 4.79 Å². The Balaban J connectivity index is 2.22. The average molecular weight is 273 g/mol. The largest absolute Gasteiger partial charge is 0.396 e. The second-order valence-corrected chi connectivity index (χ2v) is 5.22. The van der Waals surface area contributed by atoms with Crippen LogP contribution in [0.5, 0.6) is 0 Å². The average Bonchev–Trinajstić information content (AvgIpc) is 2.48. The third-order valence-corrected chi connectivity index (χ3v) is 3.80. The summed E-state index contributed by atoms with van der Waals surface area (Å²) in [5, 5.41) is 18.1. The summed E-state index contributed by atoms with van der Waals surface area (Å²) in [5.41, 5.74) is 6.91. The summed E-state index contributed by atoms with van der Waals surface area (Å²) in [5.74, 6) is -0.197. The maximum absolute atomic E-state index is 11.8. The van der Waals surface area contributed by atoms with Gasteiger partial charge in [-0.25, -0.2) is 0 Å². The standard InChI is InChI=1S/C15H19N3O2/c16-8-11-3-5-13(6-4-11)14(15(17)20)18-7-1-2-12(9-18)10-19/h3-6,12,14,19H,1-2,7,9-10H2,(H2,17,20). The first-order chi connectivity index (χ1) is 9.65. The molecule has 3 N–H and O–H groups in total. The van der Waals surface area contributed by atoms with Crippen molar-refractivity contribution in [3.63, 3.8) is 0 Å². The van der Waals surface area contributed by atoms with Crippen molar-refractivity contribution in [2.24, 2.45) is 11.7 Å². The van der Waals surface area contributed by atoms with Gasteiger partial charge in [0.15, 0.2) is 0 Å². The van der Waals surface area contributed by atoms with Crippen LogP contribution in [0.4, 0.5) is 0 Å². The molecule has 5 nitrogen and oxygen atoms in total. The van der Waals surface area contributed by atoms with Gasteiger partial charge in [0.2, 0.25) is 5.91 Å². The fraction of sp³-hybridized carbons (Fsp3) is 0.467. The highest BCUT2D eigenvalue weighted by molar-refractivity contribution is 5.81. The van der Waals surface area contributed by atoms with E-state index in [0.29, 0.717) is 12.1 Å². The van der Waals surface area contributed by atoms with E-state index < -0.39 is 11.9 Å². The van der Waals surface area contributed by atoms with Crippen molar-refractivity contribution in [2.45, 2.75) is 18.9 Å². The van der Waals surface area contributed by atoms with Gasteiger partial charge in [0, 0.05) is 13.2 Å². The van der Waals surface area contributed by atoms with Gasteiger partial charge in [0.1, 0.15) is 6.04 Å². The highest BCUT2D eigenvalue weighted by Gasteiger charge is 2.30. The number of nitrogens with zero attached hydrogens (tertiary/aromatic N) is 2. The number of rotatable bonds is 4. The number of primary amides is 1. The smallest absolute Gasteiger partial charge is 0.239 e. The van der Waals surface area contributed by atoms with Gasteiger partial charge in [-0.1, -0.05) is 12.1 Å². The molecule has 1 aromatic rings. The number of nitriles is 1. The zero-order valence-corrected chi connectivity index (χ0v) is 11.3. The second-order valence-electron chi connectivity index (χ2n) is 5.22. The van der Waals surface area contributed by atoms with Crippen LogP contribution in [0.15, 0.2) is 24.3 Å². The van der Waals surface area contributed by atoms with E-state index in [1.807, 2.05) is 4.90 Å². The summed E-state index contributed by atoms with van der Waals surface area (Å²) in [6.45, 7) is 1.60. The molecule has 1 aromatic carbocycles. The van der Waals surface area contributed by atoms with E-state index >= 15 is 0 Å². The van der Waals surface area contributed by atoms with Crippen LogP contribution in [0.2, 0.25) is 0 Å². The predicted octanol–water partition coefficient (Wildman–Crippen LogP) is 0.789. The molecule has 2 atom stereocenters. The molecule has 1 saturated heterocycles. The predicted molar refractivity (Wildman–Crippen MR) is 74.5 cm³/mol. The van der Waals surface area contributed by atoms with Crippen molar-refractivity contribution in [1.29, 1.82) is 5.26 Å². The van der Waals surface area contributed by atoms with Crippen LogP contribution in [0.1, 0.15) is 30.0 Å².